The molecule has 0 fully saturated rings. The maximum Gasteiger partial charge on any atom is 0.231 e. The second kappa shape index (κ2) is 4.78. The highest BCUT2D eigenvalue weighted by molar-refractivity contribution is 5.48. The van der Waals surface area contributed by atoms with Crippen molar-refractivity contribution in [2.75, 3.05) is 6.79 Å². The minimum Gasteiger partial charge on any atom is -0.454 e. The maximum atomic E-state index is 9.04. The Bertz CT molecular complexity index is 612. The van der Waals surface area contributed by atoms with E-state index in [2.05, 4.69) is 4.98 Å². The van der Waals surface area contributed by atoms with Crippen LogP contribution in [0.4, 0.5) is 0 Å². The largest absolute Gasteiger partial charge is 0.454 e. The summed E-state index contributed by atoms with van der Waals surface area (Å²) in [6.07, 6.45) is 1.59. The standard InChI is InChI=1S/C14H13NO4/c1-9-4-10(7-16)6-15-14(9)19-11-2-3-12-13(5-11)18-8-17-12/h2-6,16H,7-8H2,1H3. The van der Waals surface area contributed by atoms with Gasteiger partial charge in [-0.15, -0.1) is 0 Å². The number of aromatic nitrogens is 1. The predicted octanol–water partition coefficient (Wildman–Crippen LogP) is 2.40. The van der Waals surface area contributed by atoms with Gasteiger partial charge in [-0.05, 0) is 30.7 Å². The van der Waals surface area contributed by atoms with E-state index in [1.807, 2.05) is 13.0 Å². The van der Waals surface area contributed by atoms with Gasteiger partial charge in [0.15, 0.2) is 11.5 Å². The monoisotopic (exact) mass is 259 g/mol. The highest BCUT2D eigenvalue weighted by Gasteiger charge is 2.14. The Balaban J connectivity index is 1.85. The molecule has 0 atom stereocenters. The van der Waals surface area contributed by atoms with Crippen LogP contribution in [0.1, 0.15) is 11.1 Å². The molecule has 3 rings (SSSR count). The molecule has 1 aliphatic rings. The summed E-state index contributed by atoms with van der Waals surface area (Å²) >= 11 is 0. The first-order valence-electron chi connectivity index (χ1n) is 5.90. The molecule has 2 heterocycles. The molecule has 1 N–H and O–H groups in total. The van der Waals surface area contributed by atoms with Crippen molar-refractivity contribution in [3.05, 3.63) is 41.6 Å². The Labute approximate surface area is 110 Å². The van der Waals surface area contributed by atoms with Crippen LogP contribution in [0.15, 0.2) is 30.5 Å². The Morgan fingerprint density at radius 1 is 1.26 bits per heavy atom. The summed E-state index contributed by atoms with van der Waals surface area (Å²) in [5.41, 5.74) is 1.62. The molecule has 2 aromatic rings. The number of fused-ring (bicyclic) bond motifs is 1. The van der Waals surface area contributed by atoms with Gasteiger partial charge >= 0.3 is 0 Å². The highest BCUT2D eigenvalue weighted by atomic mass is 16.7. The molecule has 0 amide bonds. The molecule has 1 aliphatic heterocycles. The van der Waals surface area contributed by atoms with Crippen molar-refractivity contribution < 1.29 is 19.3 Å². The molecule has 5 heteroatoms. The molecule has 5 nitrogen and oxygen atoms in total. The molecule has 0 unspecified atom stereocenters. The van der Waals surface area contributed by atoms with E-state index in [-0.39, 0.29) is 13.4 Å². The second-order valence-electron chi connectivity index (χ2n) is 4.24. The van der Waals surface area contributed by atoms with Crippen LogP contribution in [0.5, 0.6) is 23.1 Å². The van der Waals surface area contributed by atoms with Crippen molar-refractivity contribution in [2.45, 2.75) is 13.5 Å². The van der Waals surface area contributed by atoms with Gasteiger partial charge in [-0.25, -0.2) is 4.98 Å². The zero-order valence-electron chi connectivity index (χ0n) is 10.4. The molecule has 1 aromatic carbocycles. The summed E-state index contributed by atoms with van der Waals surface area (Å²) in [5.74, 6) is 2.53. The van der Waals surface area contributed by atoms with Crippen molar-refractivity contribution in [1.82, 2.24) is 4.98 Å². The quantitative estimate of drug-likeness (QED) is 0.917. The fourth-order valence-electron chi connectivity index (χ4n) is 1.87. The number of pyridine rings is 1. The van der Waals surface area contributed by atoms with Gasteiger partial charge in [0.25, 0.3) is 0 Å². The molecular weight excluding hydrogens is 246 g/mol. The van der Waals surface area contributed by atoms with Gasteiger partial charge in [0.1, 0.15) is 5.75 Å². The van der Waals surface area contributed by atoms with E-state index in [9.17, 15) is 0 Å². The predicted molar refractivity (Wildman–Crippen MR) is 67.5 cm³/mol. The average Bonchev–Trinajstić information content (AvgIpc) is 2.88. The topological polar surface area (TPSA) is 60.8 Å². The van der Waals surface area contributed by atoms with Crippen LogP contribution in [0.25, 0.3) is 0 Å². The molecule has 0 radical (unpaired) electrons. The van der Waals surface area contributed by atoms with Crippen LogP contribution in [-0.4, -0.2) is 16.9 Å². The van der Waals surface area contributed by atoms with Gasteiger partial charge < -0.3 is 19.3 Å². The first kappa shape index (κ1) is 11.8. The second-order valence-corrected chi connectivity index (χ2v) is 4.24. The van der Waals surface area contributed by atoms with E-state index in [0.717, 1.165) is 11.1 Å². The SMILES string of the molecule is Cc1cc(CO)cnc1Oc1ccc2c(c1)OCO2. The number of nitrogens with zero attached hydrogens (tertiary/aromatic N) is 1. The lowest BCUT2D eigenvalue weighted by Crippen LogP contribution is -1.94. The summed E-state index contributed by atoms with van der Waals surface area (Å²) in [7, 11) is 0. The molecule has 0 saturated heterocycles. The number of ether oxygens (including phenoxy) is 3. The van der Waals surface area contributed by atoms with E-state index in [1.54, 1.807) is 24.4 Å². The molecule has 19 heavy (non-hydrogen) atoms. The summed E-state index contributed by atoms with van der Waals surface area (Å²) in [4.78, 5) is 4.18. The van der Waals surface area contributed by atoms with Crippen molar-refractivity contribution in [2.24, 2.45) is 0 Å². The first-order valence-corrected chi connectivity index (χ1v) is 5.90. The summed E-state index contributed by atoms with van der Waals surface area (Å²) in [6, 6.07) is 7.21. The van der Waals surface area contributed by atoms with Crippen molar-refractivity contribution in [3.8, 4) is 23.1 Å². The van der Waals surface area contributed by atoms with Crippen LogP contribution in [0.3, 0.4) is 0 Å². The molecule has 0 bridgehead atoms. The number of benzene rings is 1. The maximum absolute atomic E-state index is 9.04. The molecule has 0 saturated carbocycles. The lowest BCUT2D eigenvalue weighted by Gasteiger charge is -2.08. The number of aliphatic hydroxyl groups is 1. The van der Waals surface area contributed by atoms with E-state index < -0.39 is 0 Å². The number of hydrogen-bond acceptors (Lipinski definition) is 5. The molecular formula is C14H13NO4. The first-order chi connectivity index (χ1) is 9.26. The Kier molecular flexibility index (Phi) is 2.97. The van der Waals surface area contributed by atoms with Crippen LogP contribution in [0.2, 0.25) is 0 Å². The number of rotatable bonds is 3. The Morgan fingerprint density at radius 2 is 2.11 bits per heavy atom. The lowest BCUT2D eigenvalue weighted by atomic mass is 10.2. The minimum atomic E-state index is -0.0296. The third-order valence-corrected chi connectivity index (χ3v) is 2.83. The molecule has 0 spiro atoms. The third-order valence-electron chi connectivity index (χ3n) is 2.83. The Hall–Kier alpha value is -2.27. The summed E-state index contributed by atoms with van der Waals surface area (Å²) in [5, 5.41) is 9.04. The summed E-state index contributed by atoms with van der Waals surface area (Å²) < 4.78 is 16.2. The van der Waals surface area contributed by atoms with E-state index in [1.165, 1.54) is 0 Å². The lowest BCUT2D eigenvalue weighted by molar-refractivity contribution is 0.174. The van der Waals surface area contributed by atoms with E-state index in [4.69, 9.17) is 19.3 Å². The van der Waals surface area contributed by atoms with Crippen LogP contribution < -0.4 is 14.2 Å². The average molecular weight is 259 g/mol. The fourth-order valence-corrected chi connectivity index (χ4v) is 1.87. The van der Waals surface area contributed by atoms with Crippen LogP contribution in [-0.2, 0) is 6.61 Å². The fraction of sp³-hybridized carbons (Fsp3) is 0.214. The van der Waals surface area contributed by atoms with E-state index in [0.29, 0.717) is 23.1 Å². The smallest absolute Gasteiger partial charge is 0.231 e. The van der Waals surface area contributed by atoms with Gasteiger partial charge in [-0.2, -0.15) is 0 Å². The van der Waals surface area contributed by atoms with Gasteiger partial charge in [0, 0.05) is 17.8 Å². The third kappa shape index (κ3) is 2.32. The zero-order chi connectivity index (χ0) is 13.2. The normalized spacial score (nSPS) is 12.5. The molecule has 0 aliphatic carbocycles. The van der Waals surface area contributed by atoms with Crippen LogP contribution >= 0.6 is 0 Å². The zero-order valence-corrected chi connectivity index (χ0v) is 10.4. The van der Waals surface area contributed by atoms with Gasteiger partial charge in [-0.3, -0.25) is 0 Å². The van der Waals surface area contributed by atoms with Crippen molar-refractivity contribution in [3.63, 3.8) is 0 Å². The number of hydrogen-bond donors (Lipinski definition) is 1. The van der Waals surface area contributed by atoms with Crippen molar-refractivity contribution >= 4 is 0 Å². The van der Waals surface area contributed by atoms with Gasteiger partial charge in [0.05, 0.1) is 6.61 Å². The van der Waals surface area contributed by atoms with Gasteiger partial charge in [0.2, 0.25) is 12.7 Å². The minimum absolute atomic E-state index is 0.0296. The number of aliphatic hydroxyl groups excluding tert-OH is 1. The molecule has 1 aromatic heterocycles. The Morgan fingerprint density at radius 3 is 2.89 bits per heavy atom. The van der Waals surface area contributed by atoms with Gasteiger partial charge in [-0.1, -0.05) is 0 Å². The number of aryl methyl sites for hydroxylation is 1. The highest BCUT2D eigenvalue weighted by Crippen LogP contribution is 2.36. The van der Waals surface area contributed by atoms with Crippen molar-refractivity contribution in [1.29, 1.82) is 0 Å². The van der Waals surface area contributed by atoms with Crippen LogP contribution in [0, 0.1) is 6.92 Å². The molecule has 98 valence electrons. The van der Waals surface area contributed by atoms with E-state index >= 15 is 0 Å². The summed E-state index contributed by atoms with van der Waals surface area (Å²) in [6.45, 7) is 2.09.